The van der Waals surface area contributed by atoms with Crippen LogP contribution in [0.2, 0.25) is 5.02 Å². The van der Waals surface area contributed by atoms with Gasteiger partial charge in [0.1, 0.15) is 6.10 Å². The van der Waals surface area contributed by atoms with Crippen molar-refractivity contribution in [3.63, 3.8) is 0 Å². The van der Waals surface area contributed by atoms with Crippen molar-refractivity contribution < 1.29 is 14.7 Å². The smallest absolute Gasteiger partial charge is 0.269 e. The molecule has 1 rings (SSSR count). The number of amides is 2. The number of benzene rings is 1. The Morgan fingerprint density at radius 2 is 2.04 bits per heavy atom. The molecule has 2 amide bonds. The summed E-state index contributed by atoms with van der Waals surface area (Å²) in [6, 6.07) is 5.59. The van der Waals surface area contributed by atoms with Crippen molar-refractivity contribution in [2.75, 3.05) is 5.75 Å². The van der Waals surface area contributed by atoms with Crippen LogP contribution in [0.25, 0.3) is 0 Å². The van der Waals surface area contributed by atoms with Crippen molar-refractivity contribution in [3.05, 3.63) is 34.9 Å². The summed E-state index contributed by atoms with van der Waals surface area (Å²) < 4.78 is 0. The molecule has 0 aliphatic heterocycles. The highest BCUT2D eigenvalue weighted by Gasteiger charge is 2.23. The molecule has 0 bridgehead atoms. The summed E-state index contributed by atoms with van der Waals surface area (Å²) in [6.45, 7) is 4.12. The Balaban J connectivity index is 2.41. The maximum atomic E-state index is 11.8. The van der Waals surface area contributed by atoms with Gasteiger partial charge in [-0.15, -0.1) is 0 Å². The molecular formula is C15H22ClN3O3S. The fraction of sp³-hybridized carbons (Fsp3) is 0.467. The summed E-state index contributed by atoms with van der Waals surface area (Å²) in [7, 11) is 0. The summed E-state index contributed by atoms with van der Waals surface area (Å²) in [5.74, 6) is -0.530. The van der Waals surface area contributed by atoms with Gasteiger partial charge in [-0.3, -0.25) is 20.4 Å². The summed E-state index contributed by atoms with van der Waals surface area (Å²) >= 11 is 7.49. The van der Waals surface area contributed by atoms with Gasteiger partial charge in [-0.2, -0.15) is 11.8 Å². The van der Waals surface area contributed by atoms with Crippen LogP contribution in [-0.4, -0.2) is 40.1 Å². The van der Waals surface area contributed by atoms with E-state index in [0.717, 1.165) is 5.75 Å². The number of nitrogens with two attached hydrogens (primary N) is 1. The molecule has 0 spiro atoms. The minimum Gasteiger partial charge on any atom is -0.382 e. The van der Waals surface area contributed by atoms with Crippen LogP contribution in [0.4, 0.5) is 0 Å². The molecule has 0 radical (unpaired) electrons. The number of halogens is 1. The SMILES string of the molecule is CC(C)SCC[C@H](N)[C@@H](O)C(=O)NNC(=O)c1cccc(Cl)c1. The van der Waals surface area contributed by atoms with Crippen molar-refractivity contribution in [1.29, 1.82) is 0 Å². The fourth-order valence-corrected chi connectivity index (χ4v) is 2.76. The fourth-order valence-electron chi connectivity index (χ4n) is 1.69. The summed E-state index contributed by atoms with van der Waals surface area (Å²) in [6.07, 6.45) is -0.887. The van der Waals surface area contributed by atoms with Crippen molar-refractivity contribution >= 4 is 35.2 Å². The highest BCUT2D eigenvalue weighted by atomic mass is 35.5. The number of rotatable bonds is 7. The zero-order valence-electron chi connectivity index (χ0n) is 13.1. The molecule has 0 heterocycles. The van der Waals surface area contributed by atoms with Crippen molar-refractivity contribution in [2.24, 2.45) is 5.73 Å². The minimum atomic E-state index is -1.39. The number of hydrogen-bond donors (Lipinski definition) is 4. The van der Waals surface area contributed by atoms with Gasteiger partial charge in [0.15, 0.2) is 0 Å². The van der Waals surface area contributed by atoms with Crippen molar-refractivity contribution in [1.82, 2.24) is 10.9 Å². The Bertz CT molecular complexity index is 542. The maximum Gasteiger partial charge on any atom is 0.269 e. The van der Waals surface area contributed by atoms with Crippen LogP contribution >= 0.6 is 23.4 Å². The second kappa shape index (κ2) is 9.77. The van der Waals surface area contributed by atoms with Crippen LogP contribution in [0.3, 0.4) is 0 Å². The number of thioether (sulfide) groups is 1. The predicted octanol–water partition coefficient (Wildman–Crippen LogP) is 1.32. The topological polar surface area (TPSA) is 104 Å². The van der Waals surface area contributed by atoms with Crippen molar-refractivity contribution in [2.45, 2.75) is 37.7 Å². The molecule has 0 saturated heterocycles. The molecule has 5 N–H and O–H groups in total. The number of hydrogen-bond acceptors (Lipinski definition) is 5. The first-order valence-corrected chi connectivity index (χ1v) is 8.65. The first kappa shape index (κ1) is 19.8. The molecule has 0 aliphatic rings. The highest BCUT2D eigenvalue weighted by Crippen LogP contribution is 2.12. The van der Waals surface area contributed by atoms with Crippen LogP contribution < -0.4 is 16.6 Å². The molecule has 6 nitrogen and oxygen atoms in total. The number of aliphatic hydroxyl groups is 1. The number of carbonyl (C=O) groups excluding carboxylic acids is 2. The number of hydrazine groups is 1. The van der Waals surface area contributed by atoms with E-state index in [1.807, 2.05) is 0 Å². The van der Waals surface area contributed by atoms with Gasteiger partial charge >= 0.3 is 0 Å². The van der Waals surface area contributed by atoms with Crippen LogP contribution in [0.15, 0.2) is 24.3 Å². The molecule has 0 fully saturated rings. The Hall–Kier alpha value is -1.28. The van der Waals surface area contributed by atoms with E-state index >= 15 is 0 Å². The van der Waals surface area contributed by atoms with Crippen LogP contribution in [0, 0.1) is 0 Å². The lowest BCUT2D eigenvalue weighted by Crippen LogP contribution is -2.52. The number of carbonyl (C=O) groups is 2. The highest BCUT2D eigenvalue weighted by molar-refractivity contribution is 7.99. The molecule has 0 saturated carbocycles. The molecule has 0 aromatic heterocycles. The van der Waals surface area contributed by atoms with Gasteiger partial charge in [0, 0.05) is 16.6 Å². The second-order valence-corrected chi connectivity index (χ2v) is 7.39. The predicted molar refractivity (Wildman–Crippen MR) is 93.3 cm³/mol. The lowest BCUT2D eigenvalue weighted by molar-refractivity contribution is -0.131. The normalized spacial score (nSPS) is 13.5. The standard InChI is InChI=1S/C15H22ClN3O3S/c1-9(2)23-7-6-12(17)13(20)15(22)19-18-14(21)10-4-3-5-11(16)8-10/h3-5,8-9,12-13,20H,6-7,17H2,1-2H3,(H,18,21)(H,19,22)/t12-,13+/m0/s1. The minimum absolute atomic E-state index is 0.296. The third-order valence-electron chi connectivity index (χ3n) is 2.96. The summed E-state index contributed by atoms with van der Waals surface area (Å²) in [4.78, 5) is 23.6. The molecule has 23 heavy (non-hydrogen) atoms. The maximum absolute atomic E-state index is 11.8. The zero-order chi connectivity index (χ0) is 17.4. The second-order valence-electron chi connectivity index (χ2n) is 5.27. The Morgan fingerprint density at radius 3 is 2.65 bits per heavy atom. The van der Waals surface area contributed by atoms with Gasteiger partial charge in [0.25, 0.3) is 11.8 Å². The molecule has 2 atom stereocenters. The van der Waals surface area contributed by atoms with E-state index in [1.54, 1.807) is 30.0 Å². The van der Waals surface area contributed by atoms with E-state index in [1.165, 1.54) is 6.07 Å². The van der Waals surface area contributed by atoms with Gasteiger partial charge in [0.05, 0.1) is 0 Å². The first-order valence-electron chi connectivity index (χ1n) is 7.22. The molecular weight excluding hydrogens is 338 g/mol. The third kappa shape index (κ3) is 7.22. The first-order chi connectivity index (χ1) is 10.8. The number of nitrogens with one attached hydrogen (secondary N) is 2. The van der Waals surface area contributed by atoms with Gasteiger partial charge in [-0.1, -0.05) is 31.5 Å². The zero-order valence-corrected chi connectivity index (χ0v) is 14.7. The quantitative estimate of drug-likeness (QED) is 0.550. The lowest BCUT2D eigenvalue weighted by Gasteiger charge is -2.18. The van der Waals surface area contributed by atoms with Gasteiger partial charge < -0.3 is 10.8 Å². The third-order valence-corrected chi connectivity index (χ3v) is 4.34. The average Bonchev–Trinajstić information content (AvgIpc) is 2.50. The van der Waals surface area contributed by atoms with E-state index in [0.29, 0.717) is 22.3 Å². The molecule has 0 aliphatic carbocycles. The summed E-state index contributed by atoms with van der Waals surface area (Å²) in [5, 5.41) is 10.7. The van der Waals surface area contributed by atoms with E-state index < -0.39 is 24.0 Å². The van der Waals surface area contributed by atoms with Gasteiger partial charge in [-0.25, -0.2) is 0 Å². The van der Waals surface area contributed by atoms with Gasteiger partial charge in [0.2, 0.25) is 0 Å². The molecule has 8 heteroatoms. The van der Waals surface area contributed by atoms with E-state index in [-0.39, 0.29) is 0 Å². The molecule has 1 aromatic rings. The van der Waals surface area contributed by atoms with Crippen LogP contribution in [0.5, 0.6) is 0 Å². The molecule has 1 aromatic carbocycles. The van der Waals surface area contributed by atoms with E-state index in [2.05, 4.69) is 24.7 Å². The van der Waals surface area contributed by atoms with E-state index in [9.17, 15) is 14.7 Å². The van der Waals surface area contributed by atoms with E-state index in [4.69, 9.17) is 17.3 Å². The Labute approximate surface area is 145 Å². The monoisotopic (exact) mass is 359 g/mol. The van der Waals surface area contributed by atoms with Crippen molar-refractivity contribution in [3.8, 4) is 0 Å². The summed E-state index contributed by atoms with van der Waals surface area (Å²) in [5.41, 5.74) is 10.5. The molecule has 0 unspecified atom stereocenters. The van der Waals surface area contributed by atoms with Crippen LogP contribution in [0.1, 0.15) is 30.6 Å². The average molecular weight is 360 g/mol. The Kier molecular flexibility index (Phi) is 8.40. The number of aliphatic hydroxyl groups excluding tert-OH is 1. The largest absolute Gasteiger partial charge is 0.382 e. The van der Waals surface area contributed by atoms with Crippen LogP contribution in [-0.2, 0) is 4.79 Å². The van der Waals surface area contributed by atoms with Gasteiger partial charge in [-0.05, 0) is 35.6 Å². The Morgan fingerprint density at radius 1 is 1.35 bits per heavy atom. The lowest BCUT2D eigenvalue weighted by atomic mass is 10.1. The molecule has 128 valence electrons.